The first kappa shape index (κ1) is 12.2. The topological polar surface area (TPSA) is 24.9 Å². The molecule has 0 aliphatic carbocycles. The molecule has 1 unspecified atom stereocenters. The fourth-order valence-electron chi connectivity index (χ4n) is 1.76. The average Bonchev–Trinajstić information content (AvgIpc) is 2.82. The zero-order valence-electron chi connectivity index (χ0n) is 9.90. The van der Waals surface area contributed by atoms with E-state index in [4.69, 9.17) is 0 Å². The zero-order valence-corrected chi connectivity index (χ0v) is 10.7. The maximum atomic E-state index is 13.5. The van der Waals surface area contributed by atoms with E-state index in [0.717, 1.165) is 12.0 Å². The van der Waals surface area contributed by atoms with Gasteiger partial charge in [0.05, 0.1) is 5.51 Å². The molecule has 0 saturated carbocycles. The molecule has 17 heavy (non-hydrogen) atoms. The first-order valence-electron chi connectivity index (χ1n) is 5.51. The summed E-state index contributed by atoms with van der Waals surface area (Å²) in [4.78, 5) is 5.25. The third kappa shape index (κ3) is 2.90. The number of benzene rings is 1. The lowest BCUT2D eigenvalue weighted by molar-refractivity contribution is 0.577. The quantitative estimate of drug-likeness (QED) is 0.902. The molecule has 0 bridgehead atoms. The Balaban J connectivity index is 2.20. The lowest BCUT2D eigenvalue weighted by atomic mass is 10.0. The van der Waals surface area contributed by atoms with Crippen LogP contribution in [-0.4, -0.2) is 12.0 Å². The van der Waals surface area contributed by atoms with Crippen LogP contribution in [0.2, 0.25) is 0 Å². The summed E-state index contributed by atoms with van der Waals surface area (Å²) in [5.41, 5.74) is 3.48. The molecule has 0 spiro atoms. The SMILES string of the molecule is CNC(Cc1cncs1)c1ccc(C)c(F)c1. The third-order valence-electron chi connectivity index (χ3n) is 2.84. The smallest absolute Gasteiger partial charge is 0.126 e. The maximum Gasteiger partial charge on any atom is 0.126 e. The van der Waals surface area contributed by atoms with Crippen molar-refractivity contribution in [1.82, 2.24) is 10.3 Å². The van der Waals surface area contributed by atoms with Gasteiger partial charge in [0, 0.05) is 23.5 Å². The lowest BCUT2D eigenvalue weighted by Crippen LogP contribution is -2.18. The van der Waals surface area contributed by atoms with E-state index in [9.17, 15) is 4.39 Å². The molecule has 1 aromatic carbocycles. The van der Waals surface area contributed by atoms with Crippen LogP contribution in [-0.2, 0) is 6.42 Å². The molecule has 1 atom stereocenters. The van der Waals surface area contributed by atoms with Crippen molar-refractivity contribution in [1.29, 1.82) is 0 Å². The van der Waals surface area contributed by atoms with Gasteiger partial charge in [0.1, 0.15) is 5.82 Å². The van der Waals surface area contributed by atoms with Gasteiger partial charge < -0.3 is 5.32 Å². The van der Waals surface area contributed by atoms with E-state index in [0.29, 0.717) is 5.56 Å². The summed E-state index contributed by atoms with van der Waals surface area (Å²) in [6, 6.07) is 5.53. The summed E-state index contributed by atoms with van der Waals surface area (Å²) in [6.07, 6.45) is 2.70. The van der Waals surface area contributed by atoms with Crippen molar-refractivity contribution < 1.29 is 4.39 Å². The second-order valence-electron chi connectivity index (χ2n) is 4.02. The second-order valence-corrected chi connectivity index (χ2v) is 4.99. The fraction of sp³-hybridized carbons (Fsp3) is 0.308. The summed E-state index contributed by atoms with van der Waals surface area (Å²) in [6.45, 7) is 1.77. The highest BCUT2D eigenvalue weighted by Crippen LogP contribution is 2.21. The monoisotopic (exact) mass is 250 g/mol. The van der Waals surface area contributed by atoms with Crippen molar-refractivity contribution in [2.24, 2.45) is 0 Å². The van der Waals surface area contributed by atoms with E-state index in [1.807, 2.05) is 30.9 Å². The van der Waals surface area contributed by atoms with Crippen molar-refractivity contribution in [3.63, 3.8) is 0 Å². The number of hydrogen-bond acceptors (Lipinski definition) is 3. The number of halogens is 1. The van der Waals surface area contributed by atoms with Gasteiger partial charge in [-0.2, -0.15) is 0 Å². The van der Waals surface area contributed by atoms with Crippen LogP contribution >= 0.6 is 11.3 Å². The summed E-state index contributed by atoms with van der Waals surface area (Å²) >= 11 is 1.62. The van der Waals surface area contributed by atoms with Crippen molar-refractivity contribution >= 4 is 11.3 Å². The van der Waals surface area contributed by atoms with Gasteiger partial charge in [-0.05, 0) is 31.2 Å². The normalized spacial score (nSPS) is 12.6. The van der Waals surface area contributed by atoms with Crippen LogP contribution in [0, 0.1) is 12.7 Å². The molecule has 1 heterocycles. The maximum absolute atomic E-state index is 13.5. The highest BCUT2D eigenvalue weighted by Gasteiger charge is 2.12. The van der Waals surface area contributed by atoms with E-state index in [-0.39, 0.29) is 11.9 Å². The molecular weight excluding hydrogens is 235 g/mol. The predicted octanol–water partition coefficient (Wildman–Crippen LogP) is 3.09. The Labute approximate surface area is 105 Å². The first-order valence-corrected chi connectivity index (χ1v) is 6.39. The molecule has 2 rings (SSSR count). The van der Waals surface area contributed by atoms with Gasteiger partial charge in [-0.1, -0.05) is 12.1 Å². The van der Waals surface area contributed by atoms with Gasteiger partial charge in [0.25, 0.3) is 0 Å². The molecule has 1 aromatic heterocycles. The fourth-order valence-corrected chi connectivity index (χ4v) is 2.40. The highest BCUT2D eigenvalue weighted by molar-refractivity contribution is 7.09. The number of aromatic nitrogens is 1. The van der Waals surface area contributed by atoms with E-state index in [1.165, 1.54) is 4.88 Å². The molecule has 2 aromatic rings. The Morgan fingerprint density at radius 3 is 2.88 bits per heavy atom. The minimum atomic E-state index is -0.146. The zero-order chi connectivity index (χ0) is 12.3. The van der Waals surface area contributed by atoms with Crippen LogP contribution in [0.4, 0.5) is 4.39 Å². The first-order chi connectivity index (χ1) is 8.20. The minimum Gasteiger partial charge on any atom is -0.313 e. The molecular formula is C13H15FN2S. The van der Waals surface area contributed by atoms with Crippen LogP contribution < -0.4 is 5.32 Å². The molecule has 90 valence electrons. The van der Waals surface area contributed by atoms with Gasteiger partial charge in [-0.15, -0.1) is 11.3 Å². The number of nitrogens with one attached hydrogen (secondary N) is 1. The van der Waals surface area contributed by atoms with Crippen molar-refractivity contribution in [2.75, 3.05) is 7.05 Å². The molecule has 0 saturated heterocycles. The van der Waals surface area contributed by atoms with Crippen LogP contribution in [0.5, 0.6) is 0 Å². The van der Waals surface area contributed by atoms with E-state index >= 15 is 0 Å². The summed E-state index contributed by atoms with van der Waals surface area (Å²) in [5.74, 6) is -0.146. The highest BCUT2D eigenvalue weighted by atomic mass is 32.1. The van der Waals surface area contributed by atoms with Gasteiger partial charge in [0.15, 0.2) is 0 Å². The molecule has 2 nitrogen and oxygen atoms in total. The average molecular weight is 250 g/mol. The van der Waals surface area contributed by atoms with Crippen LogP contribution in [0.3, 0.4) is 0 Å². The second kappa shape index (κ2) is 5.38. The molecule has 0 fully saturated rings. The van der Waals surface area contributed by atoms with Crippen LogP contribution in [0.15, 0.2) is 29.9 Å². The predicted molar refractivity (Wildman–Crippen MR) is 68.8 cm³/mol. The molecule has 0 radical (unpaired) electrons. The Morgan fingerprint density at radius 2 is 2.29 bits per heavy atom. The molecule has 4 heteroatoms. The third-order valence-corrected chi connectivity index (χ3v) is 3.64. The minimum absolute atomic E-state index is 0.130. The van der Waals surface area contributed by atoms with E-state index in [2.05, 4.69) is 10.3 Å². The number of aryl methyl sites for hydroxylation is 1. The van der Waals surface area contributed by atoms with Gasteiger partial charge in [-0.3, -0.25) is 4.98 Å². The number of likely N-dealkylation sites (N-methyl/N-ethyl adjacent to an activating group) is 1. The molecule has 1 N–H and O–H groups in total. The number of nitrogens with zero attached hydrogens (tertiary/aromatic N) is 1. The molecule has 0 aliphatic heterocycles. The molecule has 0 amide bonds. The van der Waals surface area contributed by atoms with Crippen molar-refractivity contribution in [3.05, 3.63) is 51.7 Å². The molecule has 0 aliphatic rings. The Kier molecular flexibility index (Phi) is 3.86. The van der Waals surface area contributed by atoms with Crippen molar-refractivity contribution in [3.8, 4) is 0 Å². The van der Waals surface area contributed by atoms with E-state index < -0.39 is 0 Å². The summed E-state index contributed by atoms with van der Waals surface area (Å²) in [7, 11) is 1.89. The summed E-state index contributed by atoms with van der Waals surface area (Å²) in [5, 5.41) is 3.22. The lowest BCUT2D eigenvalue weighted by Gasteiger charge is -2.16. The van der Waals surface area contributed by atoms with Crippen LogP contribution in [0.25, 0.3) is 0 Å². The van der Waals surface area contributed by atoms with Gasteiger partial charge in [0.2, 0.25) is 0 Å². The summed E-state index contributed by atoms with van der Waals surface area (Å²) < 4.78 is 13.5. The Hall–Kier alpha value is -1.26. The Bertz CT molecular complexity index is 482. The standard InChI is InChI=1S/C13H15FN2S/c1-9-3-4-10(5-12(9)14)13(15-2)6-11-7-16-8-17-11/h3-5,7-8,13,15H,6H2,1-2H3. The Morgan fingerprint density at radius 1 is 1.47 bits per heavy atom. The van der Waals surface area contributed by atoms with E-state index in [1.54, 1.807) is 24.3 Å². The van der Waals surface area contributed by atoms with Crippen molar-refractivity contribution in [2.45, 2.75) is 19.4 Å². The van der Waals surface area contributed by atoms with Crippen LogP contribution in [0.1, 0.15) is 22.0 Å². The number of thiazole rings is 1. The van der Waals surface area contributed by atoms with Gasteiger partial charge >= 0.3 is 0 Å². The van der Waals surface area contributed by atoms with Gasteiger partial charge in [-0.25, -0.2) is 4.39 Å². The largest absolute Gasteiger partial charge is 0.313 e. The number of rotatable bonds is 4. The number of hydrogen-bond donors (Lipinski definition) is 1.